The van der Waals surface area contributed by atoms with Crippen LogP contribution in [-0.2, 0) is 45.9 Å². The van der Waals surface area contributed by atoms with Gasteiger partial charge in [0.1, 0.15) is 20.2 Å². The van der Waals surface area contributed by atoms with Gasteiger partial charge in [-0.25, -0.2) is 16.8 Å². The second-order valence-corrected chi connectivity index (χ2v) is 15.8. The Morgan fingerprint density at radius 2 is 0.776 bits per heavy atom. The van der Waals surface area contributed by atoms with Gasteiger partial charge >= 0.3 is 37.7 Å². The SMILES string of the molecule is CCCCCc1ccc2c(CCCCC)cc(S(=O)(=O)[O-])cc2c1.CCCCCc1ccc2c(CCCCC)cc(S(=O)(=O)[O-])cc2c1.[Ca+2]. The van der Waals surface area contributed by atoms with Crippen LogP contribution in [0.3, 0.4) is 0 Å². The fraction of sp³-hybridized carbons (Fsp3) is 0.500. The molecule has 0 aliphatic rings. The molecule has 0 atom stereocenters. The molecular formula is C40H54CaO6S2. The maximum absolute atomic E-state index is 11.5. The first-order valence-electron chi connectivity index (χ1n) is 17.9. The Labute approximate surface area is 326 Å². The van der Waals surface area contributed by atoms with Gasteiger partial charge in [0.15, 0.2) is 0 Å². The van der Waals surface area contributed by atoms with Crippen molar-refractivity contribution in [3.63, 3.8) is 0 Å². The molecule has 0 bridgehead atoms. The van der Waals surface area contributed by atoms with Crippen LogP contribution in [-0.4, -0.2) is 63.7 Å². The molecule has 49 heavy (non-hydrogen) atoms. The van der Waals surface area contributed by atoms with Gasteiger partial charge in [0.05, 0.1) is 9.79 Å². The smallest absolute Gasteiger partial charge is 0.744 e. The van der Waals surface area contributed by atoms with Gasteiger partial charge in [0.2, 0.25) is 0 Å². The van der Waals surface area contributed by atoms with Crippen molar-refractivity contribution >= 4 is 79.5 Å². The molecule has 0 unspecified atom stereocenters. The van der Waals surface area contributed by atoms with E-state index in [0.717, 1.165) is 110 Å². The summed E-state index contributed by atoms with van der Waals surface area (Å²) in [5.41, 5.74) is 4.35. The Balaban J connectivity index is 0.000000333. The summed E-state index contributed by atoms with van der Waals surface area (Å²) in [6.07, 6.45) is 17.0. The second kappa shape index (κ2) is 21.8. The minimum atomic E-state index is -4.43. The topological polar surface area (TPSA) is 114 Å². The monoisotopic (exact) mass is 734 g/mol. The maximum Gasteiger partial charge on any atom is 2.00 e. The van der Waals surface area contributed by atoms with E-state index < -0.39 is 20.2 Å². The van der Waals surface area contributed by atoms with Crippen LogP contribution >= 0.6 is 0 Å². The first kappa shape index (κ1) is 43.6. The third-order valence-corrected chi connectivity index (χ3v) is 10.6. The van der Waals surface area contributed by atoms with Gasteiger partial charge in [0.25, 0.3) is 0 Å². The molecule has 4 aromatic rings. The number of hydrogen-bond acceptors (Lipinski definition) is 6. The first-order chi connectivity index (χ1) is 22.9. The van der Waals surface area contributed by atoms with Crippen LogP contribution in [0.5, 0.6) is 0 Å². The summed E-state index contributed by atoms with van der Waals surface area (Å²) in [5.74, 6) is 0. The fourth-order valence-electron chi connectivity index (χ4n) is 6.24. The molecule has 0 heterocycles. The van der Waals surface area contributed by atoms with E-state index in [1.165, 1.54) is 48.9 Å². The van der Waals surface area contributed by atoms with Gasteiger partial charge in [-0.05, 0) is 119 Å². The van der Waals surface area contributed by atoms with E-state index in [-0.39, 0.29) is 47.5 Å². The summed E-state index contributed by atoms with van der Waals surface area (Å²) in [7, 11) is -8.86. The van der Waals surface area contributed by atoms with Crippen molar-refractivity contribution in [2.75, 3.05) is 0 Å². The molecule has 0 spiro atoms. The summed E-state index contributed by atoms with van der Waals surface area (Å²) in [5, 5.41) is 3.87. The summed E-state index contributed by atoms with van der Waals surface area (Å²) >= 11 is 0. The Morgan fingerprint density at radius 3 is 1.08 bits per heavy atom. The van der Waals surface area contributed by atoms with Gasteiger partial charge in [-0.3, -0.25) is 0 Å². The van der Waals surface area contributed by atoms with Crippen molar-refractivity contribution in [1.29, 1.82) is 0 Å². The third-order valence-electron chi connectivity index (χ3n) is 8.97. The summed E-state index contributed by atoms with van der Waals surface area (Å²) in [6, 6.07) is 18.7. The molecule has 0 N–H and O–H groups in total. The quantitative estimate of drug-likeness (QED) is 0.0571. The first-order valence-corrected chi connectivity index (χ1v) is 20.8. The normalized spacial score (nSPS) is 11.7. The van der Waals surface area contributed by atoms with Gasteiger partial charge in [0, 0.05) is 0 Å². The molecule has 6 nitrogen and oxygen atoms in total. The molecule has 0 saturated carbocycles. The Hall–Kier alpha value is -1.52. The van der Waals surface area contributed by atoms with Crippen LogP contribution in [0.2, 0.25) is 0 Å². The van der Waals surface area contributed by atoms with Crippen LogP contribution < -0.4 is 0 Å². The number of benzene rings is 4. The van der Waals surface area contributed by atoms with Gasteiger partial charge in [-0.2, -0.15) is 0 Å². The van der Waals surface area contributed by atoms with Crippen molar-refractivity contribution in [3.8, 4) is 0 Å². The van der Waals surface area contributed by atoms with Crippen LogP contribution in [0.25, 0.3) is 21.5 Å². The van der Waals surface area contributed by atoms with Crippen molar-refractivity contribution in [2.24, 2.45) is 0 Å². The molecule has 0 fully saturated rings. The van der Waals surface area contributed by atoms with Crippen LogP contribution in [0.15, 0.2) is 70.5 Å². The predicted octanol–water partition coefficient (Wildman–Crippen LogP) is 10.0. The summed E-state index contributed by atoms with van der Waals surface area (Å²) in [4.78, 5) is -0.209. The number of hydrogen-bond donors (Lipinski definition) is 0. The zero-order valence-electron chi connectivity index (χ0n) is 30.1. The zero-order valence-corrected chi connectivity index (χ0v) is 33.9. The van der Waals surface area contributed by atoms with Gasteiger partial charge in [-0.1, -0.05) is 115 Å². The summed E-state index contributed by atoms with van der Waals surface area (Å²) < 4.78 is 69.0. The van der Waals surface area contributed by atoms with E-state index in [4.69, 9.17) is 0 Å². The fourth-order valence-corrected chi connectivity index (χ4v) is 7.36. The van der Waals surface area contributed by atoms with Crippen LogP contribution in [0, 0.1) is 0 Å². The second-order valence-electron chi connectivity index (χ2n) is 13.0. The summed E-state index contributed by atoms with van der Waals surface area (Å²) in [6.45, 7) is 8.63. The Morgan fingerprint density at radius 1 is 0.449 bits per heavy atom. The molecule has 4 rings (SSSR count). The zero-order chi connectivity index (χ0) is 35.2. The average Bonchev–Trinajstić information content (AvgIpc) is 3.04. The standard InChI is InChI=1S/2C20H28O3S.Ca/c2*1-3-5-7-9-16-11-12-20-17(10-8-6-4-2)14-19(24(21,22)23)15-18(20)13-16;/h2*11-15H,3-10H2,1-2H3,(H,21,22,23);/q;;+2/p-2. The Bertz CT molecular complexity index is 1700. The molecule has 4 aromatic carbocycles. The molecule has 0 radical (unpaired) electrons. The van der Waals surface area contributed by atoms with E-state index in [1.54, 1.807) is 12.1 Å². The average molecular weight is 735 g/mol. The molecule has 0 saturated heterocycles. The molecule has 0 aromatic heterocycles. The Kier molecular flexibility index (Phi) is 19.4. The van der Waals surface area contributed by atoms with E-state index >= 15 is 0 Å². The molecule has 0 amide bonds. The van der Waals surface area contributed by atoms with E-state index in [1.807, 2.05) is 12.1 Å². The van der Waals surface area contributed by atoms with Gasteiger partial charge in [-0.15, -0.1) is 0 Å². The number of unbranched alkanes of at least 4 members (excludes halogenated alkanes) is 8. The van der Waals surface area contributed by atoms with Gasteiger partial charge < -0.3 is 9.11 Å². The predicted molar refractivity (Wildman–Crippen MR) is 202 cm³/mol. The van der Waals surface area contributed by atoms with E-state index in [0.29, 0.717) is 0 Å². The molecule has 264 valence electrons. The van der Waals surface area contributed by atoms with Crippen molar-refractivity contribution in [2.45, 2.75) is 140 Å². The molecule has 0 aliphatic heterocycles. The van der Waals surface area contributed by atoms with Crippen molar-refractivity contribution in [3.05, 3.63) is 82.9 Å². The largest absolute Gasteiger partial charge is 2.00 e. The van der Waals surface area contributed by atoms with E-state index in [2.05, 4.69) is 52.0 Å². The minimum absolute atomic E-state index is 0. The van der Waals surface area contributed by atoms with Crippen molar-refractivity contribution < 1.29 is 25.9 Å². The molecule has 0 aliphatic carbocycles. The molecule has 9 heteroatoms. The van der Waals surface area contributed by atoms with Crippen molar-refractivity contribution in [1.82, 2.24) is 0 Å². The number of aryl methyl sites for hydroxylation is 4. The molecular weight excluding hydrogens is 681 g/mol. The third kappa shape index (κ3) is 14.2. The maximum atomic E-state index is 11.5. The van der Waals surface area contributed by atoms with Crippen LogP contribution in [0.4, 0.5) is 0 Å². The number of fused-ring (bicyclic) bond motifs is 2. The minimum Gasteiger partial charge on any atom is -0.744 e. The van der Waals surface area contributed by atoms with Crippen LogP contribution in [0.1, 0.15) is 127 Å². The number of rotatable bonds is 18. The van der Waals surface area contributed by atoms with E-state index in [9.17, 15) is 25.9 Å².